The molecule has 1 fully saturated rings. The van der Waals surface area contributed by atoms with E-state index < -0.39 is 0 Å². The minimum atomic E-state index is -0.0733. The van der Waals surface area contributed by atoms with E-state index in [0.29, 0.717) is 18.0 Å². The van der Waals surface area contributed by atoms with Gasteiger partial charge in [0.1, 0.15) is 0 Å². The van der Waals surface area contributed by atoms with Crippen LogP contribution in [0.5, 0.6) is 0 Å². The van der Waals surface area contributed by atoms with Gasteiger partial charge in [-0.3, -0.25) is 14.6 Å². The lowest BCUT2D eigenvalue weighted by molar-refractivity contribution is -0.136. The van der Waals surface area contributed by atoms with Crippen LogP contribution < -0.4 is 5.32 Å². The van der Waals surface area contributed by atoms with E-state index >= 15 is 0 Å². The van der Waals surface area contributed by atoms with Gasteiger partial charge in [0.2, 0.25) is 5.91 Å². The number of nitrogens with one attached hydrogen (secondary N) is 1. The monoisotopic (exact) mass is 313 g/mol. The van der Waals surface area contributed by atoms with Crippen LogP contribution in [0, 0.1) is 11.8 Å². The first-order valence-electron chi connectivity index (χ1n) is 8.36. The Labute approximate surface area is 136 Å². The van der Waals surface area contributed by atoms with Crippen LogP contribution in [0.2, 0.25) is 0 Å². The first kappa shape index (κ1) is 15.7. The van der Waals surface area contributed by atoms with Crippen molar-refractivity contribution in [1.29, 1.82) is 0 Å². The number of aromatic nitrogens is 1. The summed E-state index contributed by atoms with van der Waals surface area (Å²) in [6.07, 6.45) is 11.2. The van der Waals surface area contributed by atoms with Gasteiger partial charge in [-0.2, -0.15) is 0 Å². The Morgan fingerprint density at radius 1 is 1.22 bits per heavy atom. The molecule has 0 aromatic carbocycles. The van der Waals surface area contributed by atoms with Gasteiger partial charge in [0, 0.05) is 43.5 Å². The van der Waals surface area contributed by atoms with Crippen molar-refractivity contribution in [3.8, 4) is 0 Å². The molecule has 1 aliphatic heterocycles. The lowest BCUT2D eigenvalue weighted by Gasteiger charge is -2.34. The van der Waals surface area contributed by atoms with Crippen molar-refractivity contribution in [2.45, 2.75) is 25.7 Å². The Morgan fingerprint density at radius 3 is 2.70 bits per heavy atom. The second-order valence-electron chi connectivity index (χ2n) is 6.38. The molecule has 1 N–H and O–H groups in total. The fraction of sp³-hybridized carbons (Fsp3) is 0.500. The van der Waals surface area contributed by atoms with Crippen LogP contribution in [0.3, 0.4) is 0 Å². The van der Waals surface area contributed by atoms with Crippen molar-refractivity contribution in [2.24, 2.45) is 11.8 Å². The number of amides is 2. The number of hydrogen-bond donors (Lipinski definition) is 1. The third-order valence-electron chi connectivity index (χ3n) is 4.68. The van der Waals surface area contributed by atoms with Crippen molar-refractivity contribution in [1.82, 2.24) is 15.2 Å². The third kappa shape index (κ3) is 3.97. The number of nitrogens with zero attached hydrogens (tertiary/aromatic N) is 2. The summed E-state index contributed by atoms with van der Waals surface area (Å²) in [5.74, 6) is 0.684. The van der Waals surface area contributed by atoms with Crippen LogP contribution in [0.1, 0.15) is 36.0 Å². The average molecular weight is 313 g/mol. The summed E-state index contributed by atoms with van der Waals surface area (Å²) in [5.41, 5.74) is 0.626. The quantitative estimate of drug-likeness (QED) is 0.865. The first-order valence-corrected chi connectivity index (χ1v) is 8.36. The molecule has 1 aliphatic carbocycles. The zero-order chi connectivity index (χ0) is 16.1. The number of piperidine rings is 1. The number of rotatable bonds is 4. The Bertz CT molecular complexity index is 577. The van der Waals surface area contributed by atoms with E-state index in [4.69, 9.17) is 0 Å². The summed E-state index contributed by atoms with van der Waals surface area (Å²) in [4.78, 5) is 30.5. The molecule has 1 aromatic rings. The van der Waals surface area contributed by atoms with Gasteiger partial charge in [-0.05, 0) is 43.7 Å². The summed E-state index contributed by atoms with van der Waals surface area (Å²) < 4.78 is 0. The van der Waals surface area contributed by atoms with Crippen molar-refractivity contribution in [3.05, 3.63) is 42.2 Å². The molecule has 5 heteroatoms. The fourth-order valence-corrected chi connectivity index (χ4v) is 3.35. The van der Waals surface area contributed by atoms with Gasteiger partial charge < -0.3 is 10.2 Å². The fourth-order valence-electron chi connectivity index (χ4n) is 3.35. The molecular weight excluding hydrogens is 290 g/mol. The zero-order valence-corrected chi connectivity index (χ0v) is 13.3. The molecule has 5 nitrogen and oxygen atoms in total. The van der Waals surface area contributed by atoms with E-state index in [1.165, 1.54) is 0 Å². The van der Waals surface area contributed by atoms with E-state index in [1.807, 2.05) is 4.90 Å². The highest BCUT2D eigenvalue weighted by molar-refractivity contribution is 5.93. The van der Waals surface area contributed by atoms with Gasteiger partial charge in [-0.1, -0.05) is 12.2 Å². The number of hydrogen-bond acceptors (Lipinski definition) is 3. The second kappa shape index (κ2) is 7.40. The maximum absolute atomic E-state index is 12.5. The van der Waals surface area contributed by atoms with Crippen LogP contribution in [0.25, 0.3) is 0 Å². The van der Waals surface area contributed by atoms with Gasteiger partial charge in [0.05, 0.1) is 0 Å². The molecule has 1 saturated heterocycles. The van der Waals surface area contributed by atoms with Crippen LogP contribution in [-0.4, -0.2) is 41.3 Å². The molecule has 1 atom stereocenters. The predicted molar refractivity (Wildman–Crippen MR) is 87.7 cm³/mol. The number of carbonyl (C=O) groups excluding carboxylic acids is 2. The maximum atomic E-state index is 12.5. The Morgan fingerprint density at radius 2 is 1.96 bits per heavy atom. The smallest absolute Gasteiger partial charge is 0.251 e. The van der Waals surface area contributed by atoms with Crippen LogP contribution >= 0.6 is 0 Å². The first-order chi connectivity index (χ1) is 11.2. The van der Waals surface area contributed by atoms with E-state index in [0.717, 1.165) is 38.8 Å². The lowest BCUT2D eigenvalue weighted by atomic mass is 9.95. The third-order valence-corrected chi connectivity index (χ3v) is 4.68. The van der Waals surface area contributed by atoms with Gasteiger partial charge in [0.15, 0.2) is 0 Å². The minimum absolute atomic E-state index is 0.0733. The summed E-state index contributed by atoms with van der Waals surface area (Å²) >= 11 is 0. The van der Waals surface area contributed by atoms with Crippen molar-refractivity contribution >= 4 is 11.8 Å². The van der Waals surface area contributed by atoms with Gasteiger partial charge >= 0.3 is 0 Å². The molecule has 2 aliphatic rings. The van der Waals surface area contributed by atoms with Crippen LogP contribution in [-0.2, 0) is 4.79 Å². The predicted octanol–water partition coefficient (Wildman–Crippen LogP) is 2.02. The zero-order valence-electron chi connectivity index (χ0n) is 13.3. The van der Waals surface area contributed by atoms with Crippen LogP contribution in [0.4, 0.5) is 0 Å². The summed E-state index contributed by atoms with van der Waals surface area (Å²) in [7, 11) is 0. The Balaban J connectivity index is 1.49. The van der Waals surface area contributed by atoms with Gasteiger partial charge in [-0.15, -0.1) is 0 Å². The van der Waals surface area contributed by atoms with Gasteiger partial charge in [0.25, 0.3) is 5.91 Å². The standard InChI is InChI=1S/C18H23N3O2/c22-17(15-7-9-19-10-8-15)20-12-14-4-3-11-21(13-14)18(23)16-5-1-2-6-16/h1-2,7-10,14,16H,3-6,11-13H2,(H,20,22). The molecule has 0 spiro atoms. The van der Waals surface area contributed by atoms with Crippen molar-refractivity contribution in [2.75, 3.05) is 19.6 Å². The van der Waals surface area contributed by atoms with Gasteiger partial charge in [-0.25, -0.2) is 0 Å². The van der Waals surface area contributed by atoms with Crippen molar-refractivity contribution < 1.29 is 9.59 Å². The molecule has 0 radical (unpaired) electrons. The van der Waals surface area contributed by atoms with E-state index in [-0.39, 0.29) is 17.7 Å². The molecule has 0 bridgehead atoms. The molecule has 2 heterocycles. The molecular formula is C18H23N3O2. The number of carbonyl (C=O) groups is 2. The summed E-state index contributed by atoms with van der Waals surface area (Å²) in [6.45, 7) is 2.23. The number of allylic oxidation sites excluding steroid dienone is 2. The Hall–Kier alpha value is -2.17. The molecule has 2 amide bonds. The minimum Gasteiger partial charge on any atom is -0.352 e. The van der Waals surface area contributed by atoms with E-state index in [1.54, 1.807) is 24.5 Å². The number of likely N-dealkylation sites (tertiary alicyclic amines) is 1. The summed E-state index contributed by atoms with van der Waals surface area (Å²) in [6, 6.07) is 3.41. The summed E-state index contributed by atoms with van der Waals surface area (Å²) in [5, 5.41) is 2.98. The largest absolute Gasteiger partial charge is 0.352 e. The molecule has 122 valence electrons. The Kier molecular flexibility index (Phi) is 5.05. The molecule has 23 heavy (non-hydrogen) atoms. The van der Waals surface area contributed by atoms with Crippen molar-refractivity contribution in [3.63, 3.8) is 0 Å². The van der Waals surface area contributed by atoms with E-state index in [2.05, 4.69) is 22.5 Å². The normalized spacial score (nSPS) is 21.4. The molecule has 1 unspecified atom stereocenters. The number of pyridine rings is 1. The maximum Gasteiger partial charge on any atom is 0.251 e. The molecule has 3 rings (SSSR count). The highest BCUT2D eigenvalue weighted by atomic mass is 16.2. The van der Waals surface area contributed by atoms with E-state index in [9.17, 15) is 9.59 Å². The second-order valence-corrected chi connectivity index (χ2v) is 6.38. The highest BCUT2D eigenvalue weighted by Crippen LogP contribution is 2.24. The topological polar surface area (TPSA) is 62.3 Å². The molecule has 0 saturated carbocycles. The molecule has 1 aromatic heterocycles. The average Bonchev–Trinajstić information content (AvgIpc) is 3.14. The van der Waals surface area contributed by atoms with Crippen LogP contribution in [0.15, 0.2) is 36.7 Å². The lowest BCUT2D eigenvalue weighted by Crippen LogP contribution is -2.45. The highest BCUT2D eigenvalue weighted by Gasteiger charge is 2.29. The SMILES string of the molecule is O=C(NCC1CCCN(C(=O)C2CC=CC2)C1)c1ccncc1.